The molecule has 1 atom stereocenters. The summed E-state index contributed by atoms with van der Waals surface area (Å²) >= 11 is 0. The molecule has 2 aromatic carbocycles. The van der Waals surface area contributed by atoms with E-state index in [1.165, 1.54) is 29.2 Å². The highest BCUT2D eigenvalue weighted by molar-refractivity contribution is 5.95. The molecule has 1 unspecified atom stereocenters. The molecule has 1 saturated carbocycles. The number of carbonyl (C=O) groups is 1. The van der Waals surface area contributed by atoms with E-state index in [2.05, 4.69) is 0 Å². The molecule has 3 fully saturated rings. The van der Waals surface area contributed by atoms with Crippen molar-refractivity contribution in [3.8, 4) is 16.9 Å². The van der Waals surface area contributed by atoms with Crippen molar-refractivity contribution < 1.29 is 36.6 Å². The molecular formula is C30H35F5N2O3. The van der Waals surface area contributed by atoms with Crippen LogP contribution < -0.4 is 4.74 Å². The van der Waals surface area contributed by atoms with Gasteiger partial charge in [-0.05, 0) is 92.9 Å². The van der Waals surface area contributed by atoms with Gasteiger partial charge in [-0.1, -0.05) is 18.6 Å². The molecule has 40 heavy (non-hydrogen) atoms. The van der Waals surface area contributed by atoms with E-state index in [1.54, 1.807) is 12.1 Å². The van der Waals surface area contributed by atoms with E-state index in [0.717, 1.165) is 6.42 Å². The normalized spacial score (nSPS) is 21.9. The number of aliphatic hydroxyl groups excluding tert-OH is 1. The second-order valence-electron chi connectivity index (χ2n) is 11.5. The topological polar surface area (TPSA) is 53.0 Å². The van der Waals surface area contributed by atoms with Gasteiger partial charge in [0.05, 0.1) is 30.2 Å². The monoisotopic (exact) mass is 566 g/mol. The van der Waals surface area contributed by atoms with E-state index in [9.17, 15) is 31.9 Å². The molecule has 5 nitrogen and oxygen atoms in total. The minimum absolute atomic E-state index is 0.0529. The summed E-state index contributed by atoms with van der Waals surface area (Å²) < 4.78 is 76.0. The maximum Gasteiger partial charge on any atom is 0.395 e. The number of hydrogen-bond acceptors (Lipinski definition) is 4. The van der Waals surface area contributed by atoms with Gasteiger partial charge in [0.2, 0.25) is 0 Å². The Labute approximate surface area is 230 Å². The van der Waals surface area contributed by atoms with E-state index in [1.807, 2.05) is 4.90 Å². The summed E-state index contributed by atoms with van der Waals surface area (Å²) in [5.74, 6) is -1.59. The van der Waals surface area contributed by atoms with Crippen LogP contribution in [0.1, 0.15) is 55.3 Å². The standard InChI is InChI=1S/C30H35F5N2O3/c31-25-15-21(4-6-24(25)28(39)37-12-1-3-23(37)17-38)22-5-7-27(26(32)16-22)40-18-20-8-13-36(14-9-20)19-29(10-2-11-29)30(33,34)35/h4-7,15-16,20,23,38H,1-3,8-14,17-19H2. The smallest absolute Gasteiger partial charge is 0.395 e. The zero-order valence-corrected chi connectivity index (χ0v) is 22.4. The Kier molecular flexibility index (Phi) is 8.38. The fourth-order valence-electron chi connectivity index (χ4n) is 6.19. The number of likely N-dealkylation sites (tertiary alicyclic amines) is 2. The second kappa shape index (κ2) is 11.6. The summed E-state index contributed by atoms with van der Waals surface area (Å²) in [6.07, 6.45) is -0.330. The summed E-state index contributed by atoms with van der Waals surface area (Å²) in [5.41, 5.74) is -0.802. The van der Waals surface area contributed by atoms with Gasteiger partial charge in [-0.15, -0.1) is 0 Å². The van der Waals surface area contributed by atoms with Crippen molar-refractivity contribution in [2.75, 3.05) is 39.4 Å². The molecule has 2 saturated heterocycles. The fraction of sp³-hybridized carbons (Fsp3) is 0.567. The number of alkyl halides is 3. The molecule has 0 radical (unpaired) electrons. The molecule has 1 amide bonds. The van der Waals surface area contributed by atoms with Crippen LogP contribution in [0.3, 0.4) is 0 Å². The highest BCUT2D eigenvalue weighted by Crippen LogP contribution is 2.53. The van der Waals surface area contributed by atoms with Gasteiger partial charge in [-0.25, -0.2) is 8.78 Å². The molecule has 0 bridgehead atoms. The first-order valence-corrected chi connectivity index (χ1v) is 14.0. The third kappa shape index (κ3) is 5.84. The van der Waals surface area contributed by atoms with Gasteiger partial charge in [0.25, 0.3) is 5.91 Å². The molecule has 5 rings (SSSR count). The predicted molar refractivity (Wildman–Crippen MR) is 140 cm³/mol. The molecule has 1 N–H and O–H groups in total. The first-order valence-electron chi connectivity index (χ1n) is 14.0. The zero-order valence-electron chi connectivity index (χ0n) is 22.4. The lowest BCUT2D eigenvalue weighted by atomic mass is 9.67. The summed E-state index contributed by atoms with van der Waals surface area (Å²) in [4.78, 5) is 16.2. The van der Waals surface area contributed by atoms with Crippen molar-refractivity contribution in [2.24, 2.45) is 11.3 Å². The van der Waals surface area contributed by atoms with Crippen LogP contribution in [0, 0.1) is 23.0 Å². The predicted octanol–water partition coefficient (Wildman–Crippen LogP) is 6.05. The molecule has 1 aliphatic carbocycles. The minimum atomic E-state index is -4.17. The Bertz CT molecular complexity index is 1210. The van der Waals surface area contributed by atoms with Crippen molar-refractivity contribution in [3.63, 3.8) is 0 Å². The number of nitrogens with zero attached hydrogens (tertiary/aromatic N) is 2. The molecule has 2 heterocycles. The zero-order chi connectivity index (χ0) is 28.5. The van der Waals surface area contributed by atoms with Gasteiger partial charge >= 0.3 is 6.18 Å². The lowest BCUT2D eigenvalue weighted by Gasteiger charge is -2.47. The van der Waals surface area contributed by atoms with Crippen LogP contribution in [0.5, 0.6) is 5.75 Å². The molecule has 218 valence electrons. The van der Waals surface area contributed by atoms with Crippen molar-refractivity contribution in [2.45, 2.75) is 57.2 Å². The van der Waals surface area contributed by atoms with Crippen LogP contribution in [0.2, 0.25) is 0 Å². The highest BCUT2D eigenvalue weighted by Gasteiger charge is 2.58. The SMILES string of the molecule is O=C(c1ccc(-c2ccc(OCC3CCN(CC4(C(F)(F)F)CCC4)CC3)c(F)c2)cc1F)N1CCCC1CO. The van der Waals surface area contributed by atoms with Crippen LogP contribution in [-0.2, 0) is 0 Å². The number of benzene rings is 2. The number of amides is 1. The Morgan fingerprint density at radius 1 is 0.950 bits per heavy atom. The number of hydrogen-bond donors (Lipinski definition) is 1. The third-order valence-corrected chi connectivity index (χ3v) is 8.93. The van der Waals surface area contributed by atoms with Gasteiger partial charge in [0.1, 0.15) is 5.82 Å². The number of ether oxygens (including phenoxy) is 1. The van der Waals surface area contributed by atoms with Gasteiger partial charge < -0.3 is 19.6 Å². The number of piperidine rings is 1. The van der Waals surface area contributed by atoms with E-state index in [-0.39, 0.29) is 55.9 Å². The maximum absolute atomic E-state index is 14.9. The van der Waals surface area contributed by atoms with Crippen molar-refractivity contribution in [1.82, 2.24) is 9.80 Å². The minimum Gasteiger partial charge on any atom is -0.490 e. The lowest BCUT2D eigenvalue weighted by molar-refractivity contribution is -0.256. The summed E-state index contributed by atoms with van der Waals surface area (Å²) in [6, 6.07) is 8.20. The Morgan fingerprint density at radius 3 is 2.20 bits per heavy atom. The second-order valence-corrected chi connectivity index (χ2v) is 11.5. The number of halogens is 5. The molecule has 3 aliphatic rings. The number of rotatable bonds is 8. The van der Waals surface area contributed by atoms with E-state index >= 15 is 0 Å². The third-order valence-electron chi connectivity index (χ3n) is 8.93. The molecular weight excluding hydrogens is 531 g/mol. The average Bonchev–Trinajstić information content (AvgIpc) is 3.38. The molecule has 10 heteroatoms. The van der Waals surface area contributed by atoms with Crippen molar-refractivity contribution >= 4 is 5.91 Å². The fourth-order valence-corrected chi connectivity index (χ4v) is 6.19. The molecule has 2 aromatic rings. The summed E-state index contributed by atoms with van der Waals surface area (Å²) in [5, 5.41) is 9.47. The molecule has 2 aliphatic heterocycles. The van der Waals surface area contributed by atoms with Crippen LogP contribution in [0.15, 0.2) is 36.4 Å². The largest absolute Gasteiger partial charge is 0.490 e. The number of aliphatic hydroxyl groups is 1. The number of carbonyl (C=O) groups excluding carboxylic acids is 1. The van der Waals surface area contributed by atoms with Gasteiger partial charge in [0, 0.05) is 13.1 Å². The van der Waals surface area contributed by atoms with Gasteiger partial charge in [0.15, 0.2) is 11.6 Å². The van der Waals surface area contributed by atoms with Crippen molar-refractivity contribution in [3.05, 3.63) is 53.6 Å². The first kappa shape index (κ1) is 28.8. The van der Waals surface area contributed by atoms with Crippen LogP contribution in [0.4, 0.5) is 22.0 Å². The molecule has 0 aromatic heterocycles. The highest BCUT2D eigenvalue weighted by atomic mass is 19.4. The first-order chi connectivity index (χ1) is 19.1. The van der Waals surface area contributed by atoms with Crippen molar-refractivity contribution in [1.29, 1.82) is 0 Å². The van der Waals surface area contributed by atoms with Gasteiger partial charge in [-0.3, -0.25) is 4.79 Å². The quantitative estimate of drug-likeness (QED) is 0.396. The Hall–Kier alpha value is -2.72. The van der Waals surface area contributed by atoms with E-state index in [0.29, 0.717) is 56.4 Å². The Balaban J connectivity index is 1.15. The summed E-state index contributed by atoms with van der Waals surface area (Å²) in [6.45, 7) is 1.75. The van der Waals surface area contributed by atoms with Crippen LogP contribution >= 0.6 is 0 Å². The van der Waals surface area contributed by atoms with Gasteiger partial charge in [-0.2, -0.15) is 13.2 Å². The summed E-state index contributed by atoms with van der Waals surface area (Å²) in [7, 11) is 0. The van der Waals surface area contributed by atoms with Crippen LogP contribution in [-0.4, -0.2) is 72.4 Å². The maximum atomic E-state index is 14.9. The average molecular weight is 567 g/mol. The lowest BCUT2D eigenvalue weighted by Crippen LogP contribution is -2.53. The van der Waals surface area contributed by atoms with E-state index in [4.69, 9.17) is 4.74 Å². The van der Waals surface area contributed by atoms with Crippen LogP contribution in [0.25, 0.3) is 11.1 Å². The van der Waals surface area contributed by atoms with E-state index < -0.39 is 29.1 Å². The molecule has 0 spiro atoms. The Morgan fingerprint density at radius 2 is 1.62 bits per heavy atom.